The molecule has 1 aliphatic rings. The lowest BCUT2D eigenvalue weighted by Crippen LogP contribution is -2.54. The highest BCUT2D eigenvalue weighted by Crippen LogP contribution is 2.21. The molecule has 2 amide bonds. The van der Waals surface area contributed by atoms with Gasteiger partial charge in [-0.25, -0.2) is 0 Å². The Labute approximate surface area is 219 Å². The fourth-order valence-corrected chi connectivity index (χ4v) is 5.09. The number of amides is 2. The molecule has 0 spiro atoms. The Balaban J connectivity index is 1.40. The molecule has 0 aromatic heterocycles. The summed E-state index contributed by atoms with van der Waals surface area (Å²) < 4.78 is 0. The number of nitrogens with one attached hydrogen (secondary N) is 2. The summed E-state index contributed by atoms with van der Waals surface area (Å²) in [7, 11) is 0. The summed E-state index contributed by atoms with van der Waals surface area (Å²) in [6.45, 7) is 4.46. The van der Waals surface area contributed by atoms with E-state index in [0.717, 1.165) is 37.9 Å². The highest BCUT2D eigenvalue weighted by Gasteiger charge is 2.26. The lowest BCUT2D eigenvalue weighted by Gasteiger charge is -2.36. The molecule has 6 heteroatoms. The maximum Gasteiger partial charge on any atom is 0.223 e. The maximum atomic E-state index is 13.3. The van der Waals surface area contributed by atoms with Crippen LogP contribution in [0.15, 0.2) is 72.8 Å². The molecule has 194 valence electrons. The zero-order valence-electron chi connectivity index (χ0n) is 21.6. The van der Waals surface area contributed by atoms with E-state index in [0.29, 0.717) is 25.9 Å². The van der Waals surface area contributed by atoms with Crippen molar-refractivity contribution in [3.63, 3.8) is 0 Å². The van der Waals surface area contributed by atoms with E-state index in [-0.39, 0.29) is 23.6 Å². The van der Waals surface area contributed by atoms with Crippen LogP contribution >= 0.6 is 0 Å². The second kappa shape index (κ2) is 13.1. The molecule has 1 aliphatic heterocycles. The third-order valence-electron chi connectivity index (χ3n) is 7.07. The Bertz CT molecular complexity index is 1190. The lowest BCUT2D eigenvalue weighted by atomic mass is 9.93. The first-order valence-electron chi connectivity index (χ1n) is 13.2. The monoisotopic (exact) mass is 499 g/mol. The number of piperazine rings is 1. The lowest BCUT2D eigenvalue weighted by molar-refractivity contribution is -0.134. The minimum absolute atomic E-state index is 0.0118. The number of rotatable bonds is 10. The molecule has 4 rings (SSSR count). The number of phenols is 1. The Morgan fingerprint density at radius 1 is 0.919 bits per heavy atom. The van der Waals surface area contributed by atoms with Gasteiger partial charge in [0.25, 0.3) is 0 Å². The van der Waals surface area contributed by atoms with E-state index in [4.69, 9.17) is 0 Å². The van der Waals surface area contributed by atoms with Crippen molar-refractivity contribution in [3.8, 4) is 5.75 Å². The van der Waals surface area contributed by atoms with Gasteiger partial charge in [-0.05, 0) is 65.6 Å². The van der Waals surface area contributed by atoms with Gasteiger partial charge in [0, 0.05) is 45.6 Å². The number of phenolic OH excluding ortho intramolecular Hbond substituents is 1. The van der Waals surface area contributed by atoms with Crippen molar-refractivity contribution in [2.24, 2.45) is 0 Å². The van der Waals surface area contributed by atoms with Crippen LogP contribution in [0.5, 0.6) is 5.75 Å². The first-order chi connectivity index (χ1) is 18.0. The van der Waals surface area contributed by atoms with Gasteiger partial charge < -0.3 is 20.6 Å². The molecule has 3 aromatic rings. The van der Waals surface area contributed by atoms with E-state index >= 15 is 0 Å². The van der Waals surface area contributed by atoms with Crippen LogP contribution in [-0.2, 0) is 35.3 Å². The Morgan fingerprint density at radius 3 is 2.19 bits per heavy atom. The van der Waals surface area contributed by atoms with Crippen molar-refractivity contribution in [1.29, 1.82) is 0 Å². The summed E-state index contributed by atoms with van der Waals surface area (Å²) >= 11 is 0. The summed E-state index contributed by atoms with van der Waals surface area (Å²) in [6.07, 6.45) is 3.55. The SMILES string of the molecule is CC(=O)NCCc1ccccc1Cc1ccccc1CCC(=O)N1CCNCC1Cc1ccc(O)cc1. The minimum atomic E-state index is -0.0118. The number of aryl methyl sites for hydroxylation is 1. The molecule has 0 bridgehead atoms. The average Bonchev–Trinajstić information content (AvgIpc) is 2.90. The number of carbonyl (C=O) groups excluding carboxylic acids is 2. The van der Waals surface area contributed by atoms with Gasteiger partial charge in [0.15, 0.2) is 0 Å². The normalized spacial score (nSPS) is 15.4. The number of nitrogens with zero attached hydrogens (tertiary/aromatic N) is 1. The third kappa shape index (κ3) is 7.67. The highest BCUT2D eigenvalue weighted by atomic mass is 16.3. The van der Waals surface area contributed by atoms with E-state index in [1.165, 1.54) is 22.3 Å². The molecule has 0 aliphatic carbocycles. The fourth-order valence-electron chi connectivity index (χ4n) is 5.09. The number of hydrogen-bond acceptors (Lipinski definition) is 4. The largest absolute Gasteiger partial charge is 0.508 e. The highest BCUT2D eigenvalue weighted by molar-refractivity contribution is 5.77. The van der Waals surface area contributed by atoms with Crippen molar-refractivity contribution in [2.45, 2.75) is 45.1 Å². The average molecular weight is 500 g/mol. The smallest absolute Gasteiger partial charge is 0.223 e. The minimum Gasteiger partial charge on any atom is -0.508 e. The summed E-state index contributed by atoms with van der Waals surface area (Å²) in [6, 6.07) is 24.1. The standard InChI is InChI=1S/C31H37N3O3/c1-23(35)33-17-16-26-7-3-5-9-28(26)21-27-8-4-2-6-25(27)12-15-31(37)34-19-18-32-22-29(34)20-24-10-13-30(36)14-11-24/h2-11,13-14,29,32,36H,12,15-22H2,1H3,(H,33,35). The molecule has 1 heterocycles. The summed E-state index contributed by atoms with van der Waals surface area (Å²) in [4.78, 5) is 26.6. The first kappa shape index (κ1) is 26.4. The zero-order chi connectivity index (χ0) is 26.0. The van der Waals surface area contributed by atoms with E-state index in [1.807, 2.05) is 29.2 Å². The van der Waals surface area contributed by atoms with E-state index in [2.05, 4.69) is 47.0 Å². The van der Waals surface area contributed by atoms with Gasteiger partial charge in [0.2, 0.25) is 11.8 Å². The van der Waals surface area contributed by atoms with Crippen molar-refractivity contribution in [3.05, 3.63) is 101 Å². The van der Waals surface area contributed by atoms with Crippen LogP contribution in [0, 0.1) is 0 Å². The molecule has 1 saturated heterocycles. The number of carbonyl (C=O) groups is 2. The molecule has 0 saturated carbocycles. The van der Waals surface area contributed by atoms with Crippen LogP contribution in [0.4, 0.5) is 0 Å². The Hall–Kier alpha value is -3.64. The zero-order valence-corrected chi connectivity index (χ0v) is 21.6. The van der Waals surface area contributed by atoms with Crippen LogP contribution in [0.25, 0.3) is 0 Å². The third-order valence-corrected chi connectivity index (χ3v) is 7.07. The van der Waals surface area contributed by atoms with Gasteiger partial charge in [-0.1, -0.05) is 60.7 Å². The van der Waals surface area contributed by atoms with Crippen LogP contribution in [0.2, 0.25) is 0 Å². The molecule has 6 nitrogen and oxygen atoms in total. The van der Waals surface area contributed by atoms with E-state index < -0.39 is 0 Å². The molecule has 37 heavy (non-hydrogen) atoms. The Morgan fingerprint density at radius 2 is 1.54 bits per heavy atom. The van der Waals surface area contributed by atoms with Crippen LogP contribution < -0.4 is 10.6 Å². The van der Waals surface area contributed by atoms with Crippen molar-refractivity contribution in [2.75, 3.05) is 26.2 Å². The van der Waals surface area contributed by atoms with Gasteiger partial charge in [0.05, 0.1) is 0 Å². The van der Waals surface area contributed by atoms with Crippen LogP contribution in [0.3, 0.4) is 0 Å². The predicted octanol–water partition coefficient (Wildman–Crippen LogP) is 3.64. The number of benzene rings is 3. The number of hydrogen-bond donors (Lipinski definition) is 3. The van der Waals surface area contributed by atoms with Crippen LogP contribution in [-0.4, -0.2) is 54.0 Å². The fraction of sp³-hybridized carbons (Fsp3) is 0.355. The van der Waals surface area contributed by atoms with Gasteiger partial charge in [-0.2, -0.15) is 0 Å². The maximum absolute atomic E-state index is 13.3. The van der Waals surface area contributed by atoms with Gasteiger partial charge in [-0.3, -0.25) is 9.59 Å². The molecule has 3 N–H and O–H groups in total. The molecule has 1 fully saturated rings. The van der Waals surface area contributed by atoms with Crippen molar-refractivity contribution < 1.29 is 14.7 Å². The molecular weight excluding hydrogens is 462 g/mol. The van der Waals surface area contributed by atoms with Crippen molar-refractivity contribution >= 4 is 11.8 Å². The predicted molar refractivity (Wildman–Crippen MR) is 147 cm³/mol. The van der Waals surface area contributed by atoms with Gasteiger partial charge >= 0.3 is 0 Å². The van der Waals surface area contributed by atoms with Gasteiger partial charge in [0.1, 0.15) is 5.75 Å². The molecule has 0 radical (unpaired) electrons. The topological polar surface area (TPSA) is 81.7 Å². The molecule has 3 aromatic carbocycles. The van der Waals surface area contributed by atoms with Crippen molar-refractivity contribution in [1.82, 2.24) is 15.5 Å². The van der Waals surface area contributed by atoms with E-state index in [9.17, 15) is 14.7 Å². The second-order valence-corrected chi connectivity index (χ2v) is 9.76. The molecule has 1 unspecified atom stereocenters. The van der Waals surface area contributed by atoms with Crippen LogP contribution in [0.1, 0.15) is 41.2 Å². The quantitative estimate of drug-likeness (QED) is 0.398. The molecule has 1 atom stereocenters. The summed E-state index contributed by atoms with van der Waals surface area (Å²) in [5.74, 6) is 0.436. The van der Waals surface area contributed by atoms with Gasteiger partial charge in [-0.15, -0.1) is 0 Å². The molecular formula is C31H37N3O3. The first-order valence-corrected chi connectivity index (χ1v) is 13.2. The van der Waals surface area contributed by atoms with E-state index in [1.54, 1.807) is 19.1 Å². The number of aromatic hydroxyl groups is 1. The summed E-state index contributed by atoms with van der Waals surface area (Å²) in [5, 5.41) is 15.9. The summed E-state index contributed by atoms with van der Waals surface area (Å²) in [5.41, 5.74) is 6.05. The second-order valence-electron chi connectivity index (χ2n) is 9.76. The Kier molecular flexibility index (Phi) is 9.33.